The minimum Gasteiger partial charge on any atom is -0.469 e. The van der Waals surface area contributed by atoms with Crippen molar-refractivity contribution in [1.82, 2.24) is 5.32 Å². The average Bonchev–Trinajstić information content (AvgIpc) is 0.701. The number of unbranched alkanes of at least 4 members (excludes halogenated alkanes) is 5. The van der Waals surface area contributed by atoms with Gasteiger partial charge < -0.3 is 109 Å². The SMILES string of the molecule is CC1O[C@@H](OC(=O)[C@]23CCC(C)(C)CC2C2=CCC4C5(C)CC[C@H](O[C@@H]6OC(C(=O)NCCCCCCCCc7ccco7)[C@@H](O)[C@H](O)C6O)[C@](C)(C=O)[C@@H]5CCC4(C)[C@]2(C)CC3O)C(O[C@@H]2OC(C)[C@H](O[C@@H]3OC[C@@H](O)[C@H](O)C3O)[C@H](O)C2O)[C@@H](O)[C@H]1O. The van der Waals surface area contributed by atoms with Crippen molar-refractivity contribution in [2.24, 2.45) is 50.2 Å². The van der Waals surface area contributed by atoms with E-state index >= 15 is 4.79 Å². The Labute approximate surface area is 520 Å². The minimum absolute atomic E-state index is 0.0302. The van der Waals surface area contributed by atoms with Crippen molar-refractivity contribution in [3.63, 3.8) is 0 Å². The van der Waals surface area contributed by atoms with Crippen LogP contribution < -0.4 is 5.32 Å². The molecule has 10 rings (SSSR count). The summed E-state index contributed by atoms with van der Waals surface area (Å²) < 4.78 is 53.7. The Morgan fingerprint density at radius 1 is 0.652 bits per heavy atom. The van der Waals surface area contributed by atoms with Gasteiger partial charge in [0, 0.05) is 13.0 Å². The molecule has 8 fully saturated rings. The van der Waals surface area contributed by atoms with Gasteiger partial charge in [-0.15, -0.1) is 0 Å². The molecule has 0 radical (unpaired) electrons. The zero-order chi connectivity index (χ0) is 64.5. The lowest BCUT2D eigenvalue weighted by atomic mass is 9.33. The number of carbonyl (C=O) groups excluding carboxylic acids is 3. The van der Waals surface area contributed by atoms with Gasteiger partial charge in [-0.1, -0.05) is 78.9 Å². The number of hydrogen-bond donors (Lipinski definition) is 12. The third kappa shape index (κ3) is 12.4. The first-order valence-electron chi connectivity index (χ1n) is 32.7. The van der Waals surface area contributed by atoms with Crippen LogP contribution in [0.2, 0.25) is 0 Å². The molecule has 24 heteroatoms. The number of amides is 1. The quantitative estimate of drug-likeness (QED) is 0.0310. The molecule has 4 saturated heterocycles. The number of esters is 1. The summed E-state index contributed by atoms with van der Waals surface area (Å²) in [6.07, 6.45) is -16.7. The first kappa shape index (κ1) is 68.8. The van der Waals surface area contributed by atoms with E-state index in [-0.39, 0.29) is 36.7 Å². The Morgan fingerprint density at radius 2 is 1.30 bits per heavy atom. The van der Waals surface area contributed by atoms with E-state index in [9.17, 15) is 65.8 Å². The van der Waals surface area contributed by atoms with Gasteiger partial charge in [-0.05, 0) is 136 Å². The molecule has 4 saturated carbocycles. The Kier molecular flexibility index (Phi) is 20.6. The number of ether oxygens (including phenoxy) is 8. The van der Waals surface area contributed by atoms with E-state index in [1.165, 1.54) is 13.8 Å². The fourth-order valence-corrected chi connectivity index (χ4v) is 18.0. The number of aliphatic hydroxyl groups excluding tert-OH is 11. The summed E-state index contributed by atoms with van der Waals surface area (Å²) in [7, 11) is 0. The highest BCUT2D eigenvalue weighted by Crippen LogP contribution is 2.76. The smallest absolute Gasteiger partial charge is 0.317 e. The Hall–Kier alpha value is -3.09. The standard InChI is InChI=1S/C65H101NO23/c1-32-42(70)45(73)53(88-56-50(78)47(75)51(33(2)84-56)86-55-48(76)43(71)37(68)30-82-55)58(83-32)89-59(80)65-25-24-60(3,4)28-36(65)35-18-19-39-61(5)22-21-41(62(6,31-67)38(61)20-23-63(39,7)64(35,8)29-40(65)69)85-57-49(77)44(72)46(74)52(87-57)54(79)66-26-14-12-10-9-11-13-16-34-17-15-27-81-34/h15,17-18,27,31-33,36-53,55-58,68-78H,9-14,16,19-26,28-30H2,1-8H3,(H,66,79)/t32?,33?,36?,37-,38-,39?,40?,41+,42+,43+,44+,45+,46+,47-,48?,49?,50?,51+,52?,53?,55+,56+,57-,58+,61?,62-,63?,64-,65-/m1/s1. The van der Waals surface area contributed by atoms with E-state index < -0.39 is 174 Å². The Balaban J connectivity index is 0.822. The number of nitrogens with one attached hydrogen (secondary N) is 1. The highest BCUT2D eigenvalue weighted by atomic mass is 16.8. The van der Waals surface area contributed by atoms with E-state index in [0.29, 0.717) is 57.9 Å². The second-order valence-corrected chi connectivity index (χ2v) is 29.5. The zero-order valence-corrected chi connectivity index (χ0v) is 52.8. The number of carbonyl (C=O) groups is 3. The molecule has 5 heterocycles. The number of rotatable bonds is 19. The monoisotopic (exact) mass is 1260 g/mol. The molecule has 1 aromatic heterocycles. The molecule has 9 aliphatic rings. The lowest BCUT2D eigenvalue weighted by molar-refractivity contribution is -0.373. The molecule has 12 N–H and O–H groups in total. The molecule has 1 amide bonds. The van der Waals surface area contributed by atoms with Crippen molar-refractivity contribution >= 4 is 18.2 Å². The van der Waals surface area contributed by atoms with E-state index in [0.717, 1.165) is 56.1 Å². The van der Waals surface area contributed by atoms with Gasteiger partial charge in [0.1, 0.15) is 84.6 Å². The van der Waals surface area contributed by atoms with Crippen LogP contribution in [-0.4, -0.2) is 216 Å². The van der Waals surface area contributed by atoms with Gasteiger partial charge in [0.2, 0.25) is 6.29 Å². The molecule has 29 atom stereocenters. The van der Waals surface area contributed by atoms with Crippen LogP contribution in [0, 0.1) is 50.2 Å². The summed E-state index contributed by atoms with van der Waals surface area (Å²) in [6, 6.07) is 3.85. The van der Waals surface area contributed by atoms with Gasteiger partial charge in [-0.2, -0.15) is 0 Å². The first-order chi connectivity index (χ1) is 42.0. The van der Waals surface area contributed by atoms with Gasteiger partial charge >= 0.3 is 5.97 Å². The van der Waals surface area contributed by atoms with Crippen molar-refractivity contribution in [1.29, 1.82) is 0 Å². The summed E-state index contributed by atoms with van der Waals surface area (Å²) >= 11 is 0. The third-order valence-electron chi connectivity index (χ3n) is 23.7. The van der Waals surface area contributed by atoms with Crippen molar-refractivity contribution in [3.8, 4) is 0 Å². The Bertz CT molecular complexity index is 2630. The van der Waals surface area contributed by atoms with Crippen LogP contribution in [0.4, 0.5) is 0 Å². The first-order valence-corrected chi connectivity index (χ1v) is 32.7. The van der Waals surface area contributed by atoms with Crippen LogP contribution in [0.3, 0.4) is 0 Å². The van der Waals surface area contributed by atoms with Gasteiger partial charge in [-0.3, -0.25) is 9.59 Å². The van der Waals surface area contributed by atoms with E-state index in [1.54, 1.807) is 6.26 Å². The van der Waals surface area contributed by atoms with Crippen molar-refractivity contribution in [2.45, 2.75) is 287 Å². The fourth-order valence-electron chi connectivity index (χ4n) is 18.0. The summed E-state index contributed by atoms with van der Waals surface area (Å²) in [5.74, 6) is -1.28. The molecule has 504 valence electrons. The molecule has 12 unspecified atom stereocenters. The molecule has 0 spiro atoms. The lowest BCUT2D eigenvalue weighted by Gasteiger charge is -2.71. The summed E-state index contributed by atoms with van der Waals surface area (Å²) in [5.41, 5.74) is -3.54. The number of fused-ring (bicyclic) bond motifs is 7. The van der Waals surface area contributed by atoms with E-state index in [2.05, 4.69) is 46.0 Å². The van der Waals surface area contributed by atoms with Crippen LogP contribution in [0.1, 0.15) is 157 Å². The number of hydrogen-bond acceptors (Lipinski definition) is 23. The number of furan rings is 1. The van der Waals surface area contributed by atoms with Gasteiger partial charge in [0.05, 0.1) is 42.7 Å². The molecule has 0 aromatic carbocycles. The normalized spacial score (nSPS) is 48.8. The van der Waals surface area contributed by atoms with E-state index in [4.69, 9.17) is 42.3 Å². The number of aldehydes is 1. The maximum absolute atomic E-state index is 15.5. The van der Waals surface area contributed by atoms with Crippen LogP contribution >= 0.6 is 0 Å². The average molecular weight is 1260 g/mol. The van der Waals surface area contributed by atoms with Crippen molar-refractivity contribution in [2.75, 3.05) is 13.2 Å². The zero-order valence-electron chi connectivity index (χ0n) is 52.8. The molecule has 4 aliphatic heterocycles. The summed E-state index contributed by atoms with van der Waals surface area (Å²) in [4.78, 5) is 42.9. The number of aliphatic hydroxyl groups is 11. The van der Waals surface area contributed by atoms with Gasteiger partial charge in [-0.25, -0.2) is 0 Å². The predicted molar refractivity (Wildman–Crippen MR) is 312 cm³/mol. The molecule has 5 aliphatic carbocycles. The maximum Gasteiger partial charge on any atom is 0.317 e. The van der Waals surface area contributed by atoms with Gasteiger partial charge in [0.15, 0.2) is 31.1 Å². The summed E-state index contributed by atoms with van der Waals surface area (Å²) in [6.45, 7) is 15.7. The lowest BCUT2D eigenvalue weighted by Crippen LogP contribution is -2.69. The van der Waals surface area contributed by atoms with Crippen LogP contribution in [0.15, 0.2) is 34.5 Å². The maximum atomic E-state index is 15.5. The molecule has 89 heavy (non-hydrogen) atoms. The van der Waals surface area contributed by atoms with Gasteiger partial charge in [0.25, 0.3) is 5.91 Å². The molecule has 24 nitrogen and oxygen atoms in total. The third-order valence-corrected chi connectivity index (χ3v) is 23.7. The van der Waals surface area contributed by atoms with Crippen molar-refractivity contribution in [3.05, 3.63) is 35.8 Å². The Morgan fingerprint density at radius 3 is 2.01 bits per heavy atom. The number of allylic oxidation sites excluding steroid dienone is 2. The largest absolute Gasteiger partial charge is 0.469 e. The topological polar surface area (TPSA) is 373 Å². The molecule has 0 bridgehead atoms. The fraction of sp³-hybridized carbons (Fsp3) is 0.862. The second-order valence-electron chi connectivity index (χ2n) is 29.5. The van der Waals surface area contributed by atoms with Crippen molar-refractivity contribution < 1.29 is 113 Å². The van der Waals surface area contributed by atoms with E-state index in [1.807, 2.05) is 19.1 Å². The molecule has 1 aromatic rings. The molecular weight excluding hydrogens is 1160 g/mol. The number of aryl methyl sites for hydroxylation is 1. The second kappa shape index (κ2) is 26.6. The molecular formula is C65H101NO23. The predicted octanol–water partition coefficient (Wildman–Crippen LogP) is 2.11. The minimum atomic E-state index is -1.90. The highest BCUT2D eigenvalue weighted by Gasteiger charge is 2.73. The van der Waals surface area contributed by atoms with Crippen LogP contribution in [-0.2, 0) is 58.7 Å². The van der Waals surface area contributed by atoms with Crippen LogP contribution in [0.5, 0.6) is 0 Å². The summed E-state index contributed by atoms with van der Waals surface area (Å²) in [5, 5.41) is 126. The highest BCUT2D eigenvalue weighted by molar-refractivity contribution is 5.82. The van der Waals surface area contributed by atoms with Crippen LogP contribution in [0.25, 0.3) is 0 Å².